The molecule has 4 nitrogen and oxygen atoms in total. The van der Waals surface area contributed by atoms with E-state index >= 15 is 0 Å². The fraction of sp³-hybridized carbons (Fsp3) is 0.143. The lowest BCUT2D eigenvalue weighted by Gasteiger charge is -2.08. The molecule has 20 heavy (non-hydrogen) atoms. The van der Waals surface area contributed by atoms with Gasteiger partial charge >= 0.3 is 0 Å². The van der Waals surface area contributed by atoms with Gasteiger partial charge in [-0.1, -0.05) is 40.2 Å². The van der Waals surface area contributed by atoms with Crippen molar-refractivity contribution in [3.05, 3.63) is 64.1 Å². The molecule has 2 aromatic carbocycles. The number of hydrogen-bond acceptors (Lipinski definition) is 3. The predicted octanol–water partition coefficient (Wildman–Crippen LogP) is 2.39. The van der Waals surface area contributed by atoms with E-state index in [0.29, 0.717) is 6.54 Å². The lowest BCUT2D eigenvalue weighted by molar-refractivity contribution is 0.581. The number of benzene rings is 2. The van der Waals surface area contributed by atoms with E-state index in [1.54, 1.807) is 24.3 Å². The van der Waals surface area contributed by atoms with Gasteiger partial charge in [-0.3, -0.25) is 0 Å². The summed E-state index contributed by atoms with van der Waals surface area (Å²) in [6, 6.07) is 14.1. The Labute approximate surface area is 127 Å². The maximum atomic E-state index is 12.2. The first-order valence-electron chi connectivity index (χ1n) is 6.04. The largest absolute Gasteiger partial charge is 0.326 e. The zero-order valence-electron chi connectivity index (χ0n) is 10.7. The Hall–Kier alpha value is -1.21. The van der Waals surface area contributed by atoms with E-state index in [9.17, 15) is 8.42 Å². The van der Waals surface area contributed by atoms with E-state index in [4.69, 9.17) is 5.73 Å². The molecule has 0 aliphatic rings. The van der Waals surface area contributed by atoms with Gasteiger partial charge in [-0.25, -0.2) is 13.1 Å². The number of nitrogens with two attached hydrogens (primary N) is 1. The second kappa shape index (κ2) is 6.49. The van der Waals surface area contributed by atoms with Crippen molar-refractivity contribution in [2.75, 3.05) is 0 Å². The molecular formula is C14H15BrN2O2S. The van der Waals surface area contributed by atoms with Crippen molar-refractivity contribution >= 4 is 26.0 Å². The molecule has 0 aromatic heterocycles. The topological polar surface area (TPSA) is 72.2 Å². The number of sulfonamides is 1. The van der Waals surface area contributed by atoms with Crippen molar-refractivity contribution in [2.45, 2.75) is 18.0 Å². The highest BCUT2D eigenvalue weighted by Gasteiger charge is 2.13. The SMILES string of the molecule is NCc1cccc(S(=O)(=O)NCc2cccc(Br)c2)c1. The van der Waals surface area contributed by atoms with E-state index in [1.165, 1.54) is 0 Å². The van der Waals surface area contributed by atoms with Crippen molar-refractivity contribution in [1.82, 2.24) is 4.72 Å². The Bertz CT molecular complexity index is 702. The average Bonchev–Trinajstić information content (AvgIpc) is 2.45. The van der Waals surface area contributed by atoms with Gasteiger partial charge in [0.1, 0.15) is 0 Å². The van der Waals surface area contributed by atoms with E-state index in [1.807, 2.05) is 24.3 Å². The summed E-state index contributed by atoms with van der Waals surface area (Å²) in [6.07, 6.45) is 0. The number of halogens is 1. The Morgan fingerprint density at radius 2 is 1.75 bits per heavy atom. The lowest BCUT2D eigenvalue weighted by Crippen LogP contribution is -2.23. The molecular weight excluding hydrogens is 340 g/mol. The number of hydrogen-bond donors (Lipinski definition) is 2. The molecule has 2 aromatic rings. The predicted molar refractivity (Wildman–Crippen MR) is 82.5 cm³/mol. The minimum atomic E-state index is -3.52. The Morgan fingerprint density at radius 1 is 1.05 bits per heavy atom. The first-order valence-corrected chi connectivity index (χ1v) is 8.32. The molecule has 0 aliphatic heterocycles. The summed E-state index contributed by atoms with van der Waals surface area (Å²) in [5.41, 5.74) is 7.20. The smallest absolute Gasteiger partial charge is 0.240 e. The van der Waals surface area contributed by atoms with Crippen LogP contribution in [0.4, 0.5) is 0 Å². The van der Waals surface area contributed by atoms with Gasteiger partial charge in [0.25, 0.3) is 0 Å². The van der Waals surface area contributed by atoms with Crippen LogP contribution in [-0.2, 0) is 23.1 Å². The van der Waals surface area contributed by atoms with E-state index in [0.717, 1.165) is 15.6 Å². The van der Waals surface area contributed by atoms with Crippen molar-refractivity contribution in [3.63, 3.8) is 0 Å². The fourth-order valence-corrected chi connectivity index (χ4v) is 3.28. The molecule has 0 bridgehead atoms. The molecule has 2 rings (SSSR count). The quantitative estimate of drug-likeness (QED) is 0.865. The molecule has 3 N–H and O–H groups in total. The van der Waals surface area contributed by atoms with Crippen LogP contribution in [0.2, 0.25) is 0 Å². The van der Waals surface area contributed by atoms with Gasteiger partial charge in [0, 0.05) is 17.6 Å². The van der Waals surface area contributed by atoms with Gasteiger partial charge < -0.3 is 5.73 Å². The van der Waals surface area contributed by atoms with Crippen molar-refractivity contribution in [1.29, 1.82) is 0 Å². The highest BCUT2D eigenvalue weighted by Crippen LogP contribution is 2.14. The zero-order chi connectivity index (χ0) is 14.6. The van der Waals surface area contributed by atoms with Gasteiger partial charge in [0.2, 0.25) is 10.0 Å². The van der Waals surface area contributed by atoms with Gasteiger partial charge in [0.05, 0.1) is 4.90 Å². The summed E-state index contributed by atoms with van der Waals surface area (Å²) in [6.45, 7) is 0.559. The monoisotopic (exact) mass is 354 g/mol. The Balaban J connectivity index is 2.15. The summed E-state index contributed by atoms with van der Waals surface area (Å²) < 4.78 is 27.9. The van der Waals surface area contributed by atoms with Crippen LogP contribution in [-0.4, -0.2) is 8.42 Å². The molecule has 0 amide bonds. The van der Waals surface area contributed by atoms with Crippen LogP contribution in [0.25, 0.3) is 0 Å². The summed E-state index contributed by atoms with van der Waals surface area (Å²) in [5, 5.41) is 0. The van der Waals surface area contributed by atoms with Crippen molar-refractivity contribution in [3.8, 4) is 0 Å². The summed E-state index contributed by atoms with van der Waals surface area (Å²) in [5.74, 6) is 0. The van der Waals surface area contributed by atoms with Gasteiger partial charge in [-0.15, -0.1) is 0 Å². The minimum absolute atomic E-state index is 0.232. The third kappa shape index (κ3) is 3.89. The second-order valence-corrected chi connectivity index (χ2v) is 6.99. The van der Waals surface area contributed by atoms with Gasteiger partial charge in [-0.2, -0.15) is 0 Å². The third-order valence-electron chi connectivity index (χ3n) is 2.80. The molecule has 0 atom stereocenters. The highest BCUT2D eigenvalue weighted by molar-refractivity contribution is 9.10. The second-order valence-electron chi connectivity index (χ2n) is 4.31. The standard InChI is InChI=1S/C14H15BrN2O2S/c15-13-5-1-4-12(7-13)10-17-20(18,19)14-6-2-3-11(8-14)9-16/h1-8,17H,9-10,16H2. The lowest BCUT2D eigenvalue weighted by atomic mass is 10.2. The van der Waals surface area contributed by atoms with E-state index in [2.05, 4.69) is 20.7 Å². The molecule has 0 fully saturated rings. The van der Waals surface area contributed by atoms with Crippen LogP contribution < -0.4 is 10.5 Å². The third-order valence-corrected chi connectivity index (χ3v) is 4.69. The molecule has 0 aliphatic carbocycles. The van der Waals surface area contributed by atoms with Gasteiger partial charge in [-0.05, 0) is 35.4 Å². The number of nitrogens with one attached hydrogen (secondary N) is 1. The van der Waals surface area contributed by atoms with Crippen molar-refractivity contribution in [2.24, 2.45) is 5.73 Å². The number of rotatable bonds is 5. The molecule has 6 heteroatoms. The van der Waals surface area contributed by atoms with Crippen LogP contribution >= 0.6 is 15.9 Å². The Morgan fingerprint density at radius 3 is 2.45 bits per heavy atom. The maximum Gasteiger partial charge on any atom is 0.240 e. The van der Waals surface area contributed by atoms with Crippen LogP contribution in [0.5, 0.6) is 0 Å². The molecule has 0 heterocycles. The average molecular weight is 355 g/mol. The molecule has 0 unspecified atom stereocenters. The highest BCUT2D eigenvalue weighted by atomic mass is 79.9. The zero-order valence-corrected chi connectivity index (χ0v) is 13.1. The van der Waals surface area contributed by atoms with Gasteiger partial charge in [0.15, 0.2) is 0 Å². The summed E-state index contributed by atoms with van der Waals surface area (Å²) in [4.78, 5) is 0.232. The first-order chi connectivity index (χ1) is 9.51. The normalized spacial score (nSPS) is 11.5. The molecule has 0 radical (unpaired) electrons. The summed E-state index contributed by atoms with van der Waals surface area (Å²) in [7, 11) is -3.52. The van der Waals surface area contributed by atoms with Crippen molar-refractivity contribution < 1.29 is 8.42 Å². The summed E-state index contributed by atoms with van der Waals surface area (Å²) >= 11 is 3.36. The molecule has 0 saturated carbocycles. The minimum Gasteiger partial charge on any atom is -0.326 e. The Kier molecular flexibility index (Phi) is 4.93. The van der Waals surface area contributed by atoms with Crippen LogP contribution in [0, 0.1) is 0 Å². The van der Waals surface area contributed by atoms with E-state index in [-0.39, 0.29) is 11.4 Å². The van der Waals surface area contributed by atoms with Crippen LogP contribution in [0.15, 0.2) is 57.9 Å². The molecule has 106 valence electrons. The first kappa shape index (κ1) is 15.2. The molecule has 0 spiro atoms. The van der Waals surface area contributed by atoms with Crippen LogP contribution in [0.1, 0.15) is 11.1 Å². The fourth-order valence-electron chi connectivity index (χ4n) is 1.75. The maximum absolute atomic E-state index is 12.2. The molecule has 0 saturated heterocycles. The van der Waals surface area contributed by atoms with Crippen LogP contribution in [0.3, 0.4) is 0 Å². The van der Waals surface area contributed by atoms with E-state index < -0.39 is 10.0 Å².